The third-order valence-corrected chi connectivity index (χ3v) is 11.9. The Hall–Kier alpha value is -2.49. The van der Waals surface area contributed by atoms with Crippen LogP contribution < -0.4 is 0 Å². The van der Waals surface area contributed by atoms with E-state index >= 15 is 0 Å². The van der Waals surface area contributed by atoms with Crippen LogP contribution in [-0.2, 0) is 28.6 Å². The summed E-state index contributed by atoms with van der Waals surface area (Å²) in [7, 11) is 0. The van der Waals surface area contributed by atoms with Gasteiger partial charge < -0.3 is 29.1 Å². The molecule has 0 aliphatic heterocycles. The molecule has 0 amide bonds. The third-order valence-electron chi connectivity index (χ3n) is 11.9. The Morgan fingerprint density at radius 2 is 0.600 bits per heavy atom. The number of carbonyl (C=O) groups is 3. The van der Waals surface area contributed by atoms with Crippen LogP contribution in [0.25, 0.3) is 0 Å². The van der Waals surface area contributed by atoms with E-state index < -0.39 is 0 Å². The largest absolute Gasteiger partial charge is 0.466 e. The molecule has 0 heterocycles. The fourth-order valence-electron chi connectivity index (χ4n) is 7.83. The van der Waals surface area contributed by atoms with Gasteiger partial charge >= 0.3 is 17.9 Å². The number of hydrogen-bond donors (Lipinski definition) is 1. The second-order valence-corrected chi connectivity index (χ2v) is 18.2. The van der Waals surface area contributed by atoms with E-state index in [1.807, 2.05) is 0 Å². The van der Waals surface area contributed by atoms with Crippen LogP contribution in [0.2, 0.25) is 0 Å². The van der Waals surface area contributed by atoms with Gasteiger partial charge in [0, 0.05) is 45.4 Å². The molecule has 380 valence electrons. The van der Waals surface area contributed by atoms with E-state index in [0.717, 1.165) is 116 Å². The number of carbonyl (C=O) groups excluding carboxylic acids is 3. The van der Waals surface area contributed by atoms with Crippen LogP contribution in [-0.4, -0.2) is 98.5 Å². The third kappa shape index (κ3) is 49.2. The molecule has 1 N–H and O–H groups in total. The van der Waals surface area contributed by atoms with Gasteiger partial charge in [0.05, 0.1) is 26.4 Å². The molecule has 9 heteroatoms. The van der Waals surface area contributed by atoms with Gasteiger partial charge in [-0.25, -0.2) is 0 Å². The molecule has 0 spiro atoms. The van der Waals surface area contributed by atoms with Gasteiger partial charge in [0.25, 0.3) is 0 Å². The van der Waals surface area contributed by atoms with E-state index in [0.29, 0.717) is 45.6 Å². The van der Waals surface area contributed by atoms with Crippen molar-refractivity contribution >= 4 is 17.9 Å². The maximum atomic E-state index is 12.4. The number of ether oxygens (including phenoxy) is 3. The number of aliphatic hydroxyl groups excluding tert-OH is 1. The molecule has 0 atom stereocenters. The van der Waals surface area contributed by atoms with Crippen LogP contribution in [0.3, 0.4) is 0 Å². The van der Waals surface area contributed by atoms with E-state index in [-0.39, 0.29) is 24.5 Å². The average Bonchev–Trinajstić information content (AvgIpc) is 3.30. The summed E-state index contributed by atoms with van der Waals surface area (Å²) in [6, 6.07) is 0. The summed E-state index contributed by atoms with van der Waals surface area (Å²) in [5, 5.41) is 9.75. The lowest BCUT2D eigenvalue weighted by Crippen LogP contribution is -2.34. The molecule has 0 rings (SSSR count). The lowest BCUT2D eigenvalue weighted by Gasteiger charge is -2.25. The van der Waals surface area contributed by atoms with Gasteiger partial charge in [-0.1, -0.05) is 154 Å². The molecular weight excluding hydrogens is 813 g/mol. The first-order valence-electron chi connectivity index (χ1n) is 27.4. The summed E-state index contributed by atoms with van der Waals surface area (Å²) in [6.45, 7) is 12.6. The number of aliphatic hydroxyl groups is 1. The second-order valence-electron chi connectivity index (χ2n) is 18.2. The predicted octanol–water partition coefficient (Wildman–Crippen LogP) is 14.2. The zero-order valence-corrected chi connectivity index (χ0v) is 42.9. The normalized spacial score (nSPS) is 11.9. The van der Waals surface area contributed by atoms with Crippen LogP contribution in [0.4, 0.5) is 0 Å². The zero-order chi connectivity index (χ0) is 47.4. The maximum absolute atomic E-state index is 12.4. The number of rotatable bonds is 51. The first kappa shape index (κ1) is 62.5. The highest BCUT2D eigenvalue weighted by Crippen LogP contribution is 2.12. The molecule has 9 nitrogen and oxygen atoms in total. The van der Waals surface area contributed by atoms with E-state index in [2.05, 4.69) is 67.0 Å². The monoisotopic (exact) mass is 917 g/mol. The van der Waals surface area contributed by atoms with Gasteiger partial charge in [0.15, 0.2) is 0 Å². The molecule has 0 saturated carbocycles. The van der Waals surface area contributed by atoms with Gasteiger partial charge in [-0.2, -0.15) is 0 Å². The van der Waals surface area contributed by atoms with Gasteiger partial charge in [0.2, 0.25) is 0 Å². The first-order valence-corrected chi connectivity index (χ1v) is 27.4. The summed E-state index contributed by atoms with van der Waals surface area (Å²) in [5.41, 5.74) is 0. The average molecular weight is 917 g/mol. The van der Waals surface area contributed by atoms with Crippen molar-refractivity contribution in [2.24, 2.45) is 0 Å². The molecule has 0 aromatic heterocycles. The maximum Gasteiger partial charge on any atom is 0.305 e. The van der Waals surface area contributed by atoms with Crippen LogP contribution in [0.5, 0.6) is 0 Å². The smallest absolute Gasteiger partial charge is 0.305 e. The van der Waals surface area contributed by atoms with Crippen LogP contribution in [0, 0.1) is 0 Å². The Bertz CT molecular complexity index is 1070. The minimum atomic E-state index is -0.108. The molecular formula is C56H104N2O7. The number of nitrogens with zero attached hydrogens (tertiary/aromatic N) is 2. The van der Waals surface area contributed by atoms with Crippen molar-refractivity contribution < 1.29 is 33.7 Å². The van der Waals surface area contributed by atoms with Crippen molar-refractivity contribution in [2.45, 2.75) is 239 Å². The summed E-state index contributed by atoms with van der Waals surface area (Å²) < 4.78 is 16.8. The Morgan fingerprint density at radius 1 is 0.338 bits per heavy atom. The second kappa shape index (κ2) is 52.5. The van der Waals surface area contributed by atoms with Crippen molar-refractivity contribution in [1.82, 2.24) is 9.80 Å². The van der Waals surface area contributed by atoms with Crippen molar-refractivity contribution in [3.8, 4) is 0 Å². The van der Waals surface area contributed by atoms with Crippen molar-refractivity contribution in [3.05, 3.63) is 36.5 Å². The summed E-state index contributed by atoms with van der Waals surface area (Å²) >= 11 is 0. The molecule has 65 heavy (non-hydrogen) atoms. The SMILES string of the molecule is CCCCC=CCCCCCCCC(=O)OCCCN(CCCOC(=O)CCCCCCCC=CCCCC)CCCN(CCO)CCCOC(=O)CCCCCCC/C=C\CCCC. The zero-order valence-electron chi connectivity index (χ0n) is 42.9. The van der Waals surface area contributed by atoms with Crippen molar-refractivity contribution in [1.29, 1.82) is 0 Å². The minimum Gasteiger partial charge on any atom is -0.466 e. The lowest BCUT2D eigenvalue weighted by atomic mass is 10.1. The summed E-state index contributed by atoms with van der Waals surface area (Å²) in [6.07, 6.45) is 49.8. The fourth-order valence-corrected chi connectivity index (χ4v) is 7.83. The highest BCUT2D eigenvalue weighted by atomic mass is 16.5. The van der Waals surface area contributed by atoms with Crippen LogP contribution >= 0.6 is 0 Å². The van der Waals surface area contributed by atoms with Gasteiger partial charge in [-0.15, -0.1) is 0 Å². The Kier molecular flexibility index (Phi) is 50.5. The molecule has 0 unspecified atom stereocenters. The van der Waals surface area contributed by atoms with E-state index in [9.17, 15) is 19.5 Å². The molecule has 0 radical (unpaired) electrons. The summed E-state index contributed by atoms with van der Waals surface area (Å²) in [5.74, 6) is -0.312. The summed E-state index contributed by atoms with van der Waals surface area (Å²) in [4.78, 5) is 41.8. The molecule has 0 aromatic rings. The van der Waals surface area contributed by atoms with Crippen molar-refractivity contribution in [2.75, 3.05) is 65.7 Å². The number of hydrogen-bond acceptors (Lipinski definition) is 9. The van der Waals surface area contributed by atoms with Gasteiger partial charge in [-0.05, 0) is 116 Å². The highest BCUT2D eigenvalue weighted by molar-refractivity contribution is 5.69. The predicted molar refractivity (Wildman–Crippen MR) is 274 cm³/mol. The quantitative estimate of drug-likeness (QED) is 0.0276. The Morgan fingerprint density at radius 3 is 0.908 bits per heavy atom. The fraction of sp³-hybridized carbons (Fsp3) is 0.839. The van der Waals surface area contributed by atoms with Crippen LogP contribution in [0.1, 0.15) is 239 Å². The van der Waals surface area contributed by atoms with Crippen molar-refractivity contribution in [3.63, 3.8) is 0 Å². The highest BCUT2D eigenvalue weighted by Gasteiger charge is 2.11. The van der Waals surface area contributed by atoms with E-state index in [1.54, 1.807) is 0 Å². The molecule has 0 saturated heterocycles. The molecule has 0 fully saturated rings. The van der Waals surface area contributed by atoms with Crippen LogP contribution in [0.15, 0.2) is 36.5 Å². The molecule has 0 aliphatic rings. The van der Waals surface area contributed by atoms with Gasteiger partial charge in [0.1, 0.15) is 0 Å². The number of esters is 3. The number of unbranched alkanes of at least 4 members (excludes halogenated alkanes) is 21. The first-order chi connectivity index (χ1) is 32.0. The molecule has 0 aromatic carbocycles. The topological polar surface area (TPSA) is 106 Å². The molecule has 0 aliphatic carbocycles. The van der Waals surface area contributed by atoms with E-state index in [1.165, 1.54) is 116 Å². The van der Waals surface area contributed by atoms with E-state index in [4.69, 9.17) is 14.2 Å². The lowest BCUT2D eigenvalue weighted by molar-refractivity contribution is -0.145. The molecule has 0 bridgehead atoms. The standard InChI is InChI=1S/C56H104N2O7/c1-4-7-10-13-16-19-22-25-28-31-34-41-54(60)63-51-38-46-57(47-39-52-64-55(61)42-35-32-29-26-23-20-17-14-11-8-5-2)44-37-45-58(49-50-59)48-40-53-65-56(62)43-36-33-30-27-24-21-18-15-12-9-6-3/h13-18,59H,4-12,19-53H2,1-3H3/b16-13?,17-14?,18-15-. The van der Waals surface area contributed by atoms with Gasteiger partial charge in [-0.3, -0.25) is 14.4 Å². The Balaban J connectivity index is 4.56. The number of allylic oxidation sites excluding steroid dienone is 6. The minimum absolute atomic E-state index is 0.0863. The Labute approximate surface area is 401 Å².